The third kappa shape index (κ3) is 3.52. The summed E-state index contributed by atoms with van der Waals surface area (Å²) in [5.41, 5.74) is 0.790. The van der Waals surface area contributed by atoms with Crippen LogP contribution in [0.25, 0.3) is 0 Å². The van der Waals surface area contributed by atoms with Gasteiger partial charge in [-0.1, -0.05) is 43.5 Å². The first-order chi connectivity index (χ1) is 7.69. The van der Waals surface area contributed by atoms with Crippen LogP contribution < -0.4 is 0 Å². The van der Waals surface area contributed by atoms with Crippen molar-refractivity contribution in [3.63, 3.8) is 0 Å². The molecular weight excluding hydrogens is 222 g/mol. The van der Waals surface area contributed by atoms with E-state index in [1.165, 1.54) is 0 Å². The second kappa shape index (κ2) is 6.52. The van der Waals surface area contributed by atoms with Crippen LogP contribution in [-0.2, 0) is 0 Å². The zero-order valence-electron chi connectivity index (χ0n) is 9.36. The van der Waals surface area contributed by atoms with Gasteiger partial charge >= 0.3 is 0 Å². The van der Waals surface area contributed by atoms with Gasteiger partial charge in [-0.3, -0.25) is 0 Å². The number of rotatable bonds is 5. The van der Waals surface area contributed by atoms with Crippen molar-refractivity contribution in [1.29, 1.82) is 5.26 Å². The molecule has 2 atom stereocenters. The van der Waals surface area contributed by atoms with Crippen molar-refractivity contribution in [3.8, 4) is 6.07 Å². The van der Waals surface area contributed by atoms with Gasteiger partial charge in [0.1, 0.15) is 0 Å². The maximum absolute atomic E-state index is 9.92. The first kappa shape index (κ1) is 13.0. The molecule has 0 amide bonds. The van der Waals surface area contributed by atoms with E-state index in [2.05, 4.69) is 13.0 Å². The third-order valence-corrected chi connectivity index (χ3v) is 2.82. The Balaban J connectivity index is 2.78. The lowest BCUT2D eigenvalue weighted by atomic mass is 9.92. The number of halogens is 1. The maximum atomic E-state index is 9.92. The Hall–Kier alpha value is -1.04. The van der Waals surface area contributed by atoms with Gasteiger partial charge in [-0.2, -0.15) is 5.26 Å². The summed E-state index contributed by atoms with van der Waals surface area (Å²) in [4.78, 5) is 0. The molecule has 0 aliphatic carbocycles. The largest absolute Gasteiger partial charge is 0.391 e. The lowest BCUT2D eigenvalue weighted by Crippen LogP contribution is -2.17. The van der Waals surface area contributed by atoms with Gasteiger partial charge in [0.2, 0.25) is 0 Å². The molecule has 2 nitrogen and oxygen atoms in total. The molecule has 0 heterocycles. The van der Waals surface area contributed by atoms with Gasteiger partial charge in [0.05, 0.1) is 18.1 Å². The van der Waals surface area contributed by atoms with Crippen LogP contribution in [0, 0.1) is 11.3 Å². The smallest absolute Gasteiger partial charge is 0.0972 e. The summed E-state index contributed by atoms with van der Waals surface area (Å²) >= 11 is 5.86. The molecule has 0 fully saturated rings. The average Bonchev–Trinajstić information content (AvgIpc) is 2.27. The van der Waals surface area contributed by atoms with Crippen molar-refractivity contribution in [1.82, 2.24) is 0 Å². The predicted octanol–water partition coefficient (Wildman–Crippen LogP) is 3.50. The zero-order valence-corrected chi connectivity index (χ0v) is 10.1. The van der Waals surface area contributed by atoms with E-state index in [0.29, 0.717) is 11.4 Å². The summed E-state index contributed by atoms with van der Waals surface area (Å²) in [6, 6.07) is 9.28. The van der Waals surface area contributed by atoms with E-state index in [4.69, 9.17) is 16.9 Å². The summed E-state index contributed by atoms with van der Waals surface area (Å²) in [5, 5.41) is 19.6. The molecule has 86 valence electrons. The van der Waals surface area contributed by atoms with Crippen LogP contribution >= 0.6 is 11.6 Å². The Morgan fingerprint density at radius 3 is 2.81 bits per heavy atom. The molecule has 3 heteroatoms. The number of benzene rings is 1. The van der Waals surface area contributed by atoms with Crippen LogP contribution in [0.5, 0.6) is 0 Å². The highest BCUT2D eigenvalue weighted by Gasteiger charge is 2.20. The predicted molar refractivity (Wildman–Crippen MR) is 65.3 cm³/mol. The maximum Gasteiger partial charge on any atom is 0.0972 e. The quantitative estimate of drug-likeness (QED) is 0.852. The van der Waals surface area contributed by atoms with Gasteiger partial charge in [0, 0.05) is 5.02 Å². The molecule has 1 rings (SSSR count). The molecule has 0 saturated carbocycles. The molecule has 2 unspecified atom stereocenters. The fraction of sp³-hybridized carbons (Fsp3) is 0.462. The minimum Gasteiger partial charge on any atom is -0.391 e. The number of hydrogen-bond donors (Lipinski definition) is 1. The van der Waals surface area contributed by atoms with Crippen LogP contribution in [0.3, 0.4) is 0 Å². The highest BCUT2D eigenvalue weighted by Crippen LogP contribution is 2.24. The third-order valence-electron chi connectivity index (χ3n) is 2.59. The van der Waals surface area contributed by atoms with Crippen molar-refractivity contribution in [2.24, 2.45) is 0 Å². The number of unbranched alkanes of at least 4 members (excludes halogenated alkanes) is 1. The first-order valence-corrected chi connectivity index (χ1v) is 5.90. The molecule has 0 bridgehead atoms. The SMILES string of the molecule is CCCCC(O)C(C#N)c1cccc(Cl)c1. The standard InChI is InChI=1S/C13H16ClNO/c1-2-3-7-13(16)12(9-15)10-5-4-6-11(14)8-10/h4-6,8,12-13,16H,2-3,7H2,1H3. The van der Waals surface area contributed by atoms with Crippen molar-refractivity contribution in [2.75, 3.05) is 0 Å². The fourth-order valence-electron chi connectivity index (χ4n) is 1.66. The van der Waals surface area contributed by atoms with E-state index in [1.807, 2.05) is 6.07 Å². The zero-order chi connectivity index (χ0) is 12.0. The van der Waals surface area contributed by atoms with Crippen molar-refractivity contribution in [3.05, 3.63) is 34.9 Å². The van der Waals surface area contributed by atoms with E-state index >= 15 is 0 Å². The molecule has 0 aliphatic heterocycles. The molecule has 1 N–H and O–H groups in total. The van der Waals surface area contributed by atoms with Gasteiger partial charge < -0.3 is 5.11 Å². The lowest BCUT2D eigenvalue weighted by molar-refractivity contribution is 0.148. The van der Waals surface area contributed by atoms with Crippen LogP contribution in [0.2, 0.25) is 5.02 Å². The Kier molecular flexibility index (Phi) is 5.31. The highest BCUT2D eigenvalue weighted by atomic mass is 35.5. The van der Waals surface area contributed by atoms with Gasteiger partial charge in [0.15, 0.2) is 0 Å². The van der Waals surface area contributed by atoms with E-state index < -0.39 is 12.0 Å². The molecule has 1 aromatic rings. The van der Waals surface area contributed by atoms with Crippen LogP contribution in [0.15, 0.2) is 24.3 Å². The minimum absolute atomic E-state index is 0.481. The van der Waals surface area contributed by atoms with Gasteiger partial charge in [-0.05, 0) is 24.1 Å². The molecule has 0 spiro atoms. The van der Waals surface area contributed by atoms with Crippen molar-refractivity contribution < 1.29 is 5.11 Å². The summed E-state index contributed by atoms with van der Waals surface area (Å²) in [6.07, 6.45) is 2.00. The monoisotopic (exact) mass is 237 g/mol. The van der Waals surface area contributed by atoms with Gasteiger partial charge in [-0.25, -0.2) is 0 Å². The first-order valence-electron chi connectivity index (χ1n) is 5.52. The Morgan fingerprint density at radius 1 is 1.50 bits per heavy atom. The molecule has 0 aliphatic rings. The van der Waals surface area contributed by atoms with E-state index in [0.717, 1.165) is 18.4 Å². The molecule has 0 radical (unpaired) electrons. The molecule has 0 aromatic heterocycles. The number of hydrogen-bond acceptors (Lipinski definition) is 2. The number of aliphatic hydroxyl groups excluding tert-OH is 1. The topological polar surface area (TPSA) is 44.0 Å². The second-order valence-corrected chi connectivity index (χ2v) is 4.31. The summed E-state index contributed by atoms with van der Waals surface area (Å²) in [6.45, 7) is 2.06. The minimum atomic E-state index is -0.608. The van der Waals surface area contributed by atoms with E-state index in [9.17, 15) is 5.11 Å². The Morgan fingerprint density at radius 2 is 2.25 bits per heavy atom. The van der Waals surface area contributed by atoms with E-state index in [-0.39, 0.29) is 0 Å². The van der Waals surface area contributed by atoms with Gasteiger partial charge in [-0.15, -0.1) is 0 Å². The number of aliphatic hydroxyl groups is 1. The summed E-state index contributed by atoms with van der Waals surface area (Å²) in [7, 11) is 0. The van der Waals surface area contributed by atoms with Crippen molar-refractivity contribution >= 4 is 11.6 Å². The molecule has 1 aromatic carbocycles. The average molecular weight is 238 g/mol. The van der Waals surface area contributed by atoms with Crippen LogP contribution in [-0.4, -0.2) is 11.2 Å². The van der Waals surface area contributed by atoms with Gasteiger partial charge in [0.25, 0.3) is 0 Å². The van der Waals surface area contributed by atoms with Crippen LogP contribution in [0.4, 0.5) is 0 Å². The molecule has 0 saturated heterocycles. The number of nitrogens with zero attached hydrogens (tertiary/aromatic N) is 1. The Labute approximate surface area is 101 Å². The van der Waals surface area contributed by atoms with Crippen molar-refractivity contribution in [2.45, 2.75) is 38.2 Å². The summed E-state index contributed by atoms with van der Waals surface area (Å²) in [5.74, 6) is -0.481. The normalized spacial score (nSPS) is 14.1. The molecular formula is C13H16ClNO. The Bertz CT molecular complexity index is 372. The lowest BCUT2D eigenvalue weighted by Gasteiger charge is -2.16. The fourth-order valence-corrected chi connectivity index (χ4v) is 1.86. The number of nitriles is 1. The van der Waals surface area contributed by atoms with E-state index in [1.54, 1.807) is 18.2 Å². The second-order valence-electron chi connectivity index (χ2n) is 3.87. The van der Waals surface area contributed by atoms with Crippen LogP contribution in [0.1, 0.15) is 37.7 Å². The summed E-state index contributed by atoms with van der Waals surface area (Å²) < 4.78 is 0. The highest BCUT2D eigenvalue weighted by molar-refractivity contribution is 6.30. The molecule has 16 heavy (non-hydrogen) atoms.